The minimum absolute atomic E-state index is 0.0688. The Morgan fingerprint density at radius 3 is 2.29 bits per heavy atom. The maximum absolute atomic E-state index is 12.3. The first-order chi connectivity index (χ1) is 13.5. The fourth-order valence-electron chi connectivity index (χ4n) is 3.40. The average molecular weight is 395 g/mol. The summed E-state index contributed by atoms with van der Waals surface area (Å²) >= 11 is 5.98. The number of anilines is 1. The first kappa shape index (κ1) is 18.0. The molecule has 2 N–H and O–H groups in total. The van der Waals surface area contributed by atoms with Gasteiger partial charge in [-0.25, -0.2) is 14.6 Å². The Morgan fingerprint density at radius 1 is 1.07 bits per heavy atom. The summed E-state index contributed by atoms with van der Waals surface area (Å²) in [6, 6.07) is 17.2. The topological polar surface area (TPSA) is 88.5 Å². The highest BCUT2D eigenvalue weighted by molar-refractivity contribution is 6.33. The van der Waals surface area contributed by atoms with Crippen LogP contribution in [0.5, 0.6) is 0 Å². The number of hydrogen-bond acceptors (Lipinski definition) is 4. The highest BCUT2D eigenvalue weighted by atomic mass is 35.5. The van der Waals surface area contributed by atoms with Gasteiger partial charge in [-0.05, 0) is 28.3 Å². The monoisotopic (exact) mass is 394 g/mol. The van der Waals surface area contributed by atoms with Gasteiger partial charge in [-0.15, -0.1) is 0 Å². The fourth-order valence-corrected chi connectivity index (χ4v) is 3.55. The Kier molecular flexibility index (Phi) is 4.71. The third-order valence-corrected chi connectivity index (χ3v) is 4.96. The van der Waals surface area contributed by atoms with E-state index in [0.29, 0.717) is 0 Å². The van der Waals surface area contributed by atoms with Crippen molar-refractivity contribution in [3.63, 3.8) is 0 Å². The smallest absolute Gasteiger partial charge is 0.411 e. The maximum atomic E-state index is 12.3. The van der Waals surface area contributed by atoms with Crippen molar-refractivity contribution in [2.45, 2.75) is 5.92 Å². The van der Waals surface area contributed by atoms with Gasteiger partial charge in [0.25, 0.3) is 0 Å². The number of benzene rings is 2. The molecule has 0 atom stereocenters. The Morgan fingerprint density at radius 2 is 1.68 bits per heavy atom. The fraction of sp³-hybridized carbons (Fsp3) is 0.0952. The minimum Gasteiger partial charge on any atom is -0.477 e. The van der Waals surface area contributed by atoms with Gasteiger partial charge in [0.2, 0.25) is 0 Å². The van der Waals surface area contributed by atoms with Crippen LogP contribution in [0.15, 0.2) is 60.8 Å². The van der Waals surface area contributed by atoms with E-state index in [1.807, 2.05) is 36.4 Å². The Balaban J connectivity index is 1.50. The number of ether oxygens (including phenoxy) is 1. The second kappa shape index (κ2) is 7.32. The summed E-state index contributed by atoms with van der Waals surface area (Å²) in [6.07, 6.45) is 0.454. The number of amides is 1. The number of carbonyl (C=O) groups excluding carboxylic acids is 1. The van der Waals surface area contributed by atoms with Crippen molar-refractivity contribution >= 4 is 29.4 Å². The Labute approximate surface area is 165 Å². The van der Waals surface area contributed by atoms with E-state index >= 15 is 0 Å². The van der Waals surface area contributed by atoms with Crippen LogP contribution in [0.2, 0.25) is 5.02 Å². The van der Waals surface area contributed by atoms with Crippen molar-refractivity contribution in [1.82, 2.24) is 4.98 Å². The normalized spacial score (nSPS) is 12.2. The molecule has 2 aromatic carbocycles. The number of nitrogens with one attached hydrogen (secondary N) is 1. The molecule has 6 nitrogen and oxygen atoms in total. The quantitative estimate of drug-likeness (QED) is 0.663. The molecule has 1 heterocycles. The van der Waals surface area contributed by atoms with Gasteiger partial charge in [0.15, 0.2) is 0 Å². The highest BCUT2D eigenvalue weighted by Gasteiger charge is 2.29. The number of carboxylic acids is 1. The van der Waals surface area contributed by atoms with Crippen molar-refractivity contribution in [2.75, 3.05) is 11.9 Å². The third-order valence-electron chi connectivity index (χ3n) is 4.65. The van der Waals surface area contributed by atoms with Crippen LogP contribution in [0.3, 0.4) is 0 Å². The molecule has 1 aliphatic rings. The summed E-state index contributed by atoms with van der Waals surface area (Å²) in [5.41, 5.74) is 4.38. The number of aromatic carboxylic acids is 1. The van der Waals surface area contributed by atoms with E-state index in [1.165, 1.54) is 12.3 Å². The molecule has 0 spiro atoms. The standard InChI is InChI=1S/C21H15ClN2O4/c22-17-10-23-19(20(25)26)9-18(17)24-21(27)28-11-16-14-7-3-1-5-12(14)13-6-2-4-8-15(13)16/h1-10,16H,11H2,(H,25,26)(H,23,24,27). The summed E-state index contributed by atoms with van der Waals surface area (Å²) in [5, 5.41) is 11.6. The molecule has 0 aliphatic heterocycles. The zero-order valence-corrected chi connectivity index (χ0v) is 15.3. The molecule has 1 aliphatic carbocycles. The lowest BCUT2D eigenvalue weighted by molar-refractivity contribution is 0.0690. The van der Waals surface area contributed by atoms with E-state index < -0.39 is 12.1 Å². The number of aromatic nitrogens is 1. The highest BCUT2D eigenvalue weighted by Crippen LogP contribution is 2.44. The molecular formula is C21H15ClN2O4. The van der Waals surface area contributed by atoms with E-state index in [0.717, 1.165) is 22.3 Å². The van der Waals surface area contributed by atoms with Crippen LogP contribution in [0.1, 0.15) is 27.5 Å². The molecule has 0 fully saturated rings. The average Bonchev–Trinajstić information content (AvgIpc) is 3.02. The molecule has 0 saturated carbocycles. The van der Waals surface area contributed by atoms with Crippen molar-refractivity contribution in [2.24, 2.45) is 0 Å². The molecule has 3 aromatic rings. The van der Waals surface area contributed by atoms with Gasteiger partial charge in [0, 0.05) is 12.1 Å². The zero-order valence-electron chi connectivity index (χ0n) is 14.6. The molecule has 0 bridgehead atoms. The minimum atomic E-state index is -1.22. The summed E-state index contributed by atoms with van der Waals surface area (Å²) < 4.78 is 5.42. The van der Waals surface area contributed by atoms with Gasteiger partial charge in [-0.1, -0.05) is 60.1 Å². The molecule has 4 rings (SSSR count). The van der Waals surface area contributed by atoms with Gasteiger partial charge >= 0.3 is 12.1 Å². The Bertz CT molecular complexity index is 1040. The van der Waals surface area contributed by atoms with Crippen molar-refractivity contribution in [3.8, 4) is 11.1 Å². The predicted octanol–water partition coefficient (Wildman–Crippen LogP) is 4.79. The van der Waals surface area contributed by atoms with Crippen LogP contribution in [-0.2, 0) is 4.74 Å². The lowest BCUT2D eigenvalue weighted by atomic mass is 9.98. The molecule has 7 heteroatoms. The summed E-state index contributed by atoms with van der Waals surface area (Å²) in [7, 11) is 0. The summed E-state index contributed by atoms with van der Waals surface area (Å²) in [6.45, 7) is 0.147. The molecule has 28 heavy (non-hydrogen) atoms. The van der Waals surface area contributed by atoms with Crippen molar-refractivity contribution in [3.05, 3.63) is 82.6 Å². The summed E-state index contributed by atoms with van der Waals surface area (Å²) in [4.78, 5) is 27.0. The number of carbonyl (C=O) groups is 2. The first-order valence-corrected chi connectivity index (χ1v) is 8.93. The van der Waals surface area contributed by atoms with Gasteiger partial charge in [0.05, 0.1) is 10.7 Å². The van der Waals surface area contributed by atoms with Crippen LogP contribution in [0.25, 0.3) is 11.1 Å². The molecule has 0 radical (unpaired) electrons. The lowest BCUT2D eigenvalue weighted by Gasteiger charge is -2.15. The largest absolute Gasteiger partial charge is 0.477 e. The number of pyridine rings is 1. The SMILES string of the molecule is O=C(Nc1cc(C(=O)O)ncc1Cl)OCC1c2ccccc2-c2ccccc21. The van der Waals surface area contributed by atoms with Gasteiger partial charge in [-0.2, -0.15) is 0 Å². The van der Waals surface area contributed by atoms with Crippen LogP contribution < -0.4 is 5.32 Å². The zero-order chi connectivity index (χ0) is 19.7. The second-order valence-electron chi connectivity index (χ2n) is 6.31. The van der Waals surface area contributed by atoms with E-state index in [2.05, 4.69) is 22.4 Å². The van der Waals surface area contributed by atoms with E-state index in [9.17, 15) is 9.59 Å². The van der Waals surface area contributed by atoms with E-state index in [-0.39, 0.29) is 28.9 Å². The molecule has 140 valence electrons. The van der Waals surface area contributed by atoms with Crippen molar-refractivity contribution < 1.29 is 19.4 Å². The molecule has 0 saturated heterocycles. The number of hydrogen-bond donors (Lipinski definition) is 2. The van der Waals surface area contributed by atoms with Crippen LogP contribution in [-0.4, -0.2) is 28.8 Å². The maximum Gasteiger partial charge on any atom is 0.411 e. The van der Waals surface area contributed by atoms with Crippen LogP contribution >= 0.6 is 11.6 Å². The van der Waals surface area contributed by atoms with E-state index in [1.54, 1.807) is 0 Å². The predicted molar refractivity (Wildman–Crippen MR) is 105 cm³/mol. The lowest BCUT2D eigenvalue weighted by Crippen LogP contribution is -2.18. The molecule has 1 aromatic heterocycles. The number of rotatable bonds is 4. The Hall–Kier alpha value is -3.38. The summed E-state index contributed by atoms with van der Waals surface area (Å²) in [5.74, 6) is -1.28. The number of fused-ring (bicyclic) bond motifs is 3. The van der Waals surface area contributed by atoms with Gasteiger partial charge in [0.1, 0.15) is 12.3 Å². The van der Waals surface area contributed by atoms with Crippen LogP contribution in [0.4, 0.5) is 10.5 Å². The number of halogens is 1. The first-order valence-electron chi connectivity index (χ1n) is 8.55. The van der Waals surface area contributed by atoms with Crippen molar-refractivity contribution in [1.29, 1.82) is 0 Å². The second-order valence-corrected chi connectivity index (χ2v) is 6.71. The van der Waals surface area contributed by atoms with Gasteiger partial charge in [-0.3, -0.25) is 5.32 Å². The third kappa shape index (κ3) is 3.30. The number of carboxylic acid groups (broad SMARTS) is 1. The van der Waals surface area contributed by atoms with Gasteiger partial charge < -0.3 is 9.84 Å². The van der Waals surface area contributed by atoms with Crippen LogP contribution in [0, 0.1) is 0 Å². The molecule has 0 unspecified atom stereocenters. The molecular weight excluding hydrogens is 380 g/mol. The number of nitrogens with zero attached hydrogens (tertiary/aromatic N) is 1. The van der Waals surface area contributed by atoms with E-state index in [4.69, 9.17) is 21.4 Å². The molecule has 1 amide bonds.